The first kappa shape index (κ1) is 15.0. The summed E-state index contributed by atoms with van der Waals surface area (Å²) >= 11 is 3.41. The molecule has 3 heteroatoms. The van der Waals surface area contributed by atoms with E-state index < -0.39 is 0 Å². The molecule has 2 heterocycles. The molecule has 112 valence electrons. The number of allylic oxidation sites excluding steroid dienone is 1. The van der Waals surface area contributed by atoms with Crippen molar-refractivity contribution in [2.45, 2.75) is 32.7 Å². The smallest absolute Gasteiger partial charge is 0.131 e. The van der Waals surface area contributed by atoms with Crippen molar-refractivity contribution in [1.29, 1.82) is 0 Å². The van der Waals surface area contributed by atoms with Crippen LogP contribution in [0, 0.1) is 5.92 Å². The van der Waals surface area contributed by atoms with Gasteiger partial charge in [-0.15, -0.1) is 0 Å². The van der Waals surface area contributed by atoms with Gasteiger partial charge in [-0.1, -0.05) is 39.7 Å². The lowest BCUT2D eigenvalue weighted by Crippen LogP contribution is -2.25. The van der Waals surface area contributed by atoms with Gasteiger partial charge in [0, 0.05) is 28.5 Å². The Bertz CT molecular complexity index is 584. The van der Waals surface area contributed by atoms with E-state index in [1.54, 1.807) is 0 Å². The van der Waals surface area contributed by atoms with Crippen LogP contribution in [0.4, 0.5) is 4.39 Å². The maximum atomic E-state index is 15.0. The third-order valence-electron chi connectivity index (χ3n) is 4.50. The fourth-order valence-electron chi connectivity index (χ4n) is 3.58. The zero-order valence-electron chi connectivity index (χ0n) is 12.6. The molecule has 2 fully saturated rings. The van der Waals surface area contributed by atoms with Gasteiger partial charge in [0.15, 0.2) is 0 Å². The molecule has 0 bridgehead atoms. The van der Waals surface area contributed by atoms with Crippen molar-refractivity contribution in [3.63, 3.8) is 0 Å². The number of hydrogen-bond acceptors (Lipinski definition) is 1. The first-order valence-electron chi connectivity index (χ1n) is 7.60. The van der Waals surface area contributed by atoms with E-state index in [-0.39, 0.29) is 11.7 Å². The van der Waals surface area contributed by atoms with E-state index in [1.807, 2.05) is 24.3 Å². The molecule has 3 rings (SSSR count). The second-order valence-corrected chi connectivity index (χ2v) is 7.21. The lowest BCUT2D eigenvalue weighted by atomic mass is 9.90. The van der Waals surface area contributed by atoms with Gasteiger partial charge in [0.25, 0.3) is 0 Å². The predicted octanol–water partition coefficient (Wildman–Crippen LogP) is 5.19. The second kappa shape index (κ2) is 6.05. The zero-order valence-corrected chi connectivity index (χ0v) is 14.2. The molecule has 1 aromatic rings. The second-order valence-electron chi connectivity index (χ2n) is 6.30. The number of benzene rings is 1. The van der Waals surface area contributed by atoms with Crippen LogP contribution in [0.25, 0.3) is 5.83 Å². The summed E-state index contributed by atoms with van der Waals surface area (Å²) in [4.78, 5) is 2.44. The minimum Gasteiger partial charge on any atom is -0.295 e. The van der Waals surface area contributed by atoms with Crippen molar-refractivity contribution < 1.29 is 4.39 Å². The Kier molecular flexibility index (Phi) is 4.32. The van der Waals surface area contributed by atoms with Crippen molar-refractivity contribution in [2.24, 2.45) is 5.92 Å². The molecule has 0 amide bonds. The number of fused-ring (bicyclic) bond motifs is 1. The van der Waals surface area contributed by atoms with Gasteiger partial charge in [0.05, 0.1) is 0 Å². The highest BCUT2D eigenvalue weighted by Crippen LogP contribution is 2.41. The molecule has 2 atom stereocenters. The van der Waals surface area contributed by atoms with Crippen LogP contribution in [0.2, 0.25) is 0 Å². The lowest BCUT2D eigenvalue weighted by Gasteiger charge is -2.18. The fourth-order valence-corrected chi connectivity index (χ4v) is 3.84. The zero-order chi connectivity index (χ0) is 15.0. The van der Waals surface area contributed by atoms with Gasteiger partial charge in [-0.05, 0) is 50.9 Å². The van der Waals surface area contributed by atoms with Crippen LogP contribution in [0.1, 0.15) is 32.3 Å². The third kappa shape index (κ3) is 3.00. The first-order valence-corrected chi connectivity index (χ1v) is 8.39. The van der Waals surface area contributed by atoms with Crippen LogP contribution in [0.5, 0.6) is 0 Å². The summed E-state index contributed by atoms with van der Waals surface area (Å²) in [6.07, 6.45) is 4.68. The molecule has 0 aromatic heterocycles. The molecule has 2 saturated heterocycles. The highest BCUT2D eigenvalue weighted by Gasteiger charge is 2.40. The van der Waals surface area contributed by atoms with Gasteiger partial charge in [-0.2, -0.15) is 0 Å². The van der Waals surface area contributed by atoms with Gasteiger partial charge in [0.1, 0.15) is 5.83 Å². The number of halogens is 2. The molecular formula is C18H21BrFN. The van der Waals surface area contributed by atoms with E-state index in [4.69, 9.17) is 0 Å². The van der Waals surface area contributed by atoms with Crippen LogP contribution < -0.4 is 0 Å². The molecule has 0 N–H and O–H groups in total. The molecule has 0 saturated carbocycles. The molecule has 1 nitrogen and oxygen atoms in total. The van der Waals surface area contributed by atoms with Crippen LogP contribution in [0.15, 0.2) is 46.0 Å². The predicted molar refractivity (Wildman–Crippen MR) is 89.7 cm³/mol. The molecule has 0 radical (unpaired) electrons. The maximum absolute atomic E-state index is 15.0. The summed E-state index contributed by atoms with van der Waals surface area (Å²) in [5.41, 5.74) is 2.93. The van der Waals surface area contributed by atoms with Crippen LogP contribution in [-0.2, 0) is 0 Å². The molecule has 0 aliphatic carbocycles. The van der Waals surface area contributed by atoms with Gasteiger partial charge in [-0.3, -0.25) is 4.90 Å². The Balaban J connectivity index is 2.00. The summed E-state index contributed by atoms with van der Waals surface area (Å²) in [6, 6.07) is 8.02. The standard InChI is InChI=1S/C18H21BrFN/c1-12(2)10-15-16(11-21-9-3-4-17(15)21)18(20)13-5-7-14(19)8-6-13/h5-8,10,15,17H,3-4,9,11H2,1-2H3/b18-16+/t15-,17+/m0/s1. The Morgan fingerprint density at radius 1 is 1.29 bits per heavy atom. The Labute approximate surface area is 134 Å². The number of nitrogens with zero attached hydrogens (tertiary/aromatic N) is 1. The minimum absolute atomic E-state index is 0.0283. The maximum Gasteiger partial charge on any atom is 0.131 e. The van der Waals surface area contributed by atoms with Crippen molar-refractivity contribution in [1.82, 2.24) is 4.90 Å². The van der Waals surface area contributed by atoms with Crippen molar-refractivity contribution in [2.75, 3.05) is 13.1 Å². The highest BCUT2D eigenvalue weighted by atomic mass is 79.9. The molecule has 21 heavy (non-hydrogen) atoms. The van der Waals surface area contributed by atoms with Gasteiger partial charge in [0.2, 0.25) is 0 Å². The highest BCUT2D eigenvalue weighted by molar-refractivity contribution is 9.10. The molecule has 0 unspecified atom stereocenters. The van der Waals surface area contributed by atoms with Crippen LogP contribution in [0.3, 0.4) is 0 Å². The Morgan fingerprint density at radius 3 is 2.67 bits per heavy atom. The molecule has 2 aliphatic heterocycles. The van der Waals surface area contributed by atoms with E-state index >= 15 is 0 Å². The quantitative estimate of drug-likeness (QED) is 0.664. The topological polar surface area (TPSA) is 3.24 Å². The average molecular weight is 350 g/mol. The SMILES string of the molecule is CC(C)=C[C@H]1/C(=C(/F)c2ccc(Br)cc2)CN2CCC[C@H]12. The van der Waals surface area contributed by atoms with Crippen molar-refractivity contribution in [3.8, 4) is 0 Å². The summed E-state index contributed by atoms with van der Waals surface area (Å²) in [5, 5.41) is 0. The van der Waals surface area contributed by atoms with E-state index in [9.17, 15) is 4.39 Å². The Morgan fingerprint density at radius 2 is 2.00 bits per heavy atom. The average Bonchev–Trinajstić information content (AvgIpc) is 3.01. The molecule has 2 aliphatic rings. The fraction of sp³-hybridized carbons (Fsp3) is 0.444. The molecular weight excluding hydrogens is 329 g/mol. The summed E-state index contributed by atoms with van der Waals surface area (Å²) in [5.74, 6) is 0.209. The Hall–Kier alpha value is -0.930. The van der Waals surface area contributed by atoms with Gasteiger partial charge < -0.3 is 0 Å². The number of rotatable bonds is 2. The van der Waals surface area contributed by atoms with E-state index in [0.29, 0.717) is 11.6 Å². The lowest BCUT2D eigenvalue weighted by molar-refractivity contribution is 0.307. The third-order valence-corrected chi connectivity index (χ3v) is 5.03. The minimum atomic E-state index is -0.0283. The van der Waals surface area contributed by atoms with Crippen LogP contribution >= 0.6 is 15.9 Å². The van der Waals surface area contributed by atoms with E-state index in [0.717, 1.165) is 23.1 Å². The molecule has 1 aromatic carbocycles. The van der Waals surface area contributed by atoms with Crippen molar-refractivity contribution >= 4 is 21.8 Å². The summed E-state index contributed by atoms with van der Waals surface area (Å²) in [7, 11) is 0. The van der Waals surface area contributed by atoms with Crippen LogP contribution in [-0.4, -0.2) is 24.0 Å². The van der Waals surface area contributed by atoms with E-state index in [2.05, 4.69) is 40.8 Å². The molecule has 0 spiro atoms. The van der Waals surface area contributed by atoms with Crippen molar-refractivity contribution in [3.05, 3.63) is 51.5 Å². The summed E-state index contributed by atoms with van der Waals surface area (Å²) in [6.45, 7) is 6.09. The largest absolute Gasteiger partial charge is 0.295 e. The van der Waals surface area contributed by atoms with Gasteiger partial charge >= 0.3 is 0 Å². The normalized spacial score (nSPS) is 27.6. The van der Waals surface area contributed by atoms with Gasteiger partial charge in [-0.25, -0.2) is 4.39 Å². The monoisotopic (exact) mass is 349 g/mol. The van der Waals surface area contributed by atoms with E-state index in [1.165, 1.54) is 18.4 Å². The number of hydrogen-bond donors (Lipinski definition) is 0. The summed E-state index contributed by atoms with van der Waals surface area (Å²) < 4.78 is 16.0. The first-order chi connectivity index (χ1) is 10.1.